The molecule has 1 saturated heterocycles. The van der Waals surface area contributed by atoms with Gasteiger partial charge in [-0.2, -0.15) is 0 Å². The number of carbonyl (C=O) groups is 3. The number of amides is 2. The molecule has 0 bridgehead atoms. The van der Waals surface area contributed by atoms with Gasteiger partial charge in [0, 0.05) is 18.8 Å². The Labute approximate surface area is 155 Å². The highest BCUT2D eigenvalue weighted by Crippen LogP contribution is 2.17. The molecule has 6 nitrogen and oxygen atoms in total. The lowest BCUT2D eigenvalue weighted by Gasteiger charge is -2.20. The molecule has 1 atom stereocenters. The molecule has 136 valence electrons. The first-order chi connectivity index (χ1) is 12.5. The van der Waals surface area contributed by atoms with Crippen LogP contribution in [0.2, 0.25) is 0 Å². The summed E-state index contributed by atoms with van der Waals surface area (Å²) in [7, 11) is 0. The van der Waals surface area contributed by atoms with Crippen LogP contribution in [0.3, 0.4) is 0 Å². The van der Waals surface area contributed by atoms with Crippen molar-refractivity contribution in [2.75, 3.05) is 18.4 Å². The number of anilines is 1. The standard InChI is InChI=1S/C19H20N2O4S/c1-13(18(23)21-9-2-3-10-21)25-19(24)14-6-4-7-15(12-14)20-17(22)16-8-5-11-26-16/h4-8,11-13H,2-3,9-10H2,1H3,(H,20,22)/t13-/m0/s1. The number of benzene rings is 1. The van der Waals surface area contributed by atoms with Crippen LogP contribution in [0.4, 0.5) is 5.69 Å². The molecule has 7 heteroatoms. The summed E-state index contributed by atoms with van der Waals surface area (Å²) in [6, 6.07) is 10.0. The van der Waals surface area contributed by atoms with Gasteiger partial charge in [-0.3, -0.25) is 9.59 Å². The van der Waals surface area contributed by atoms with Crippen molar-refractivity contribution in [1.29, 1.82) is 0 Å². The second kappa shape index (κ2) is 8.14. The molecule has 2 aromatic rings. The number of nitrogens with zero attached hydrogens (tertiary/aromatic N) is 1. The predicted molar refractivity (Wildman–Crippen MR) is 99.4 cm³/mol. The zero-order valence-electron chi connectivity index (χ0n) is 14.4. The summed E-state index contributed by atoms with van der Waals surface area (Å²) in [6.45, 7) is 3.01. The second-order valence-corrected chi connectivity index (χ2v) is 7.04. The van der Waals surface area contributed by atoms with E-state index in [1.807, 2.05) is 5.38 Å². The van der Waals surface area contributed by atoms with Gasteiger partial charge >= 0.3 is 5.97 Å². The fourth-order valence-corrected chi connectivity index (χ4v) is 3.42. The molecule has 1 aromatic carbocycles. The van der Waals surface area contributed by atoms with Gasteiger partial charge in [0.25, 0.3) is 11.8 Å². The van der Waals surface area contributed by atoms with E-state index in [1.165, 1.54) is 11.3 Å². The summed E-state index contributed by atoms with van der Waals surface area (Å²) in [5.41, 5.74) is 0.784. The zero-order valence-corrected chi connectivity index (χ0v) is 15.3. The summed E-state index contributed by atoms with van der Waals surface area (Å²) in [6.07, 6.45) is 1.14. The lowest BCUT2D eigenvalue weighted by molar-refractivity contribution is -0.138. The van der Waals surface area contributed by atoms with E-state index in [1.54, 1.807) is 48.2 Å². The Bertz CT molecular complexity index is 798. The van der Waals surface area contributed by atoms with Crippen LogP contribution in [0.1, 0.15) is 39.8 Å². The van der Waals surface area contributed by atoms with Gasteiger partial charge in [-0.25, -0.2) is 4.79 Å². The molecule has 0 radical (unpaired) electrons. The molecule has 0 aliphatic carbocycles. The summed E-state index contributed by atoms with van der Waals surface area (Å²) >= 11 is 1.34. The number of nitrogens with one attached hydrogen (secondary N) is 1. The maximum atomic E-state index is 12.3. The highest BCUT2D eigenvalue weighted by Gasteiger charge is 2.26. The van der Waals surface area contributed by atoms with Gasteiger partial charge in [-0.05, 0) is 49.4 Å². The van der Waals surface area contributed by atoms with E-state index in [9.17, 15) is 14.4 Å². The Balaban J connectivity index is 1.62. The number of thiophene rings is 1. The Hall–Kier alpha value is -2.67. The molecule has 2 amide bonds. The molecule has 0 spiro atoms. The van der Waals surface area contributed by atoms with Crippen molar-refractivity contribution in [3.8, 4) is 0 Å². The van der Waals surface area contributed by atoms with Gasteiger partial charge in [0.1, 0.15) is 0 Å². The first-order valence-electron chi connectivity index (χ1n) is 8.49. The molecule has 3 rings (SSSR count). The lowest BCUT2D eigenvalue weighted by Crippen LogP contribution is -2.38. The highest BCUT2D eigenvalue weighted by atomic mass is 32.1. The molecule has 1 fully saturated rings. The van der Waals surface area contributed by atoms with Crippen molar-refractivity contribution in [3.63, 3.8) is 0 Å². The first kappa shape index (κ1) is 18.1. The molecular formula is C19H20N2O4S. The van der Waals surface area contributed by atoms with Gasteiger partial charge in [0.05, 0.1) is 10.4 Å². The summed E-state index contributed by atoms with van der Waals surface area (Å²) in [5.74, 6) is -0.988. The Morgan fingerprint density at radius 2 is 1.92 bits per heavy atom. The van der Waals surface area contributed by atoms with Crippen molar-refractivity contribution in [3.05, 3.63) is 52.2 Å². The molecular weight excluding hydrogens is 352 g/mol. The van der Waals surface area contributed by atoms with Crippen LogP contribution < -0.4 is 5.32 Å². The summed E-state index contributed by atoms with van der Waals surface area (Å²) < 4.78 is 5.30. The third kappa shape index (κ3) is 4.29. The van der Waals surface area contributed by atoms with E-state index in [0.29, 0.717) is 23.7 Å². The number of ether oxygens (including phenoxy) is 1. The molecule has 1 aromatic heterocycles. The average molecular weight is 372 g/mol. The van der Waals surface area contributed by atoms with Crippen LogP contribution in [0.15, 0.2) is 41.8 Å². The largest absolute Gasteiger partial charge is 0.449 e. The number of rotatable bonds is 5. The number of likely N-dealkylation sites (tertiary alicyclic amines) is 1. The van der Waals surface area contributed by atoms with Gasteiger partial charge in [-0.1, -0.05) is 12.1 Å². The average Bonchev–Trinajstić information content (AvgIpc) is 3.34. The van der Waals surface area contributed by atoms with Gasteiger partial charge in [0.15, 0.2) is 6.10 Å². The summed E-state index contributed by atoms with van der Waals surface area (Å²) in [5, 5.41) is 4.57. The molecule has 1 aliphatic heterocycles. The SMILES string of the molecule is C[C@H](OC(=O)c1cccc(NC(=O)c2cccs2)c1)C(=O)N1CCCC1. The molecule has 1 aliphatic rings. The molecule has 0 saturated carbocycles. The van der Waals surface area contributed by atoms with Crippen molar-refractivity contribution in [1.82, 2.24) is 4.90 Å². The Kier molecular flexibility index (Phi) is 5.68. The minimum absolute atomic E-state index is 0.169. The van der Waals surface area contributed by atoms with E-state index in [0.717, 1.165) is 12.8 Å². The van der Waals surface area contributed by atoms with Crippen LogP contribution in [0.25, 0.3) is 0 Å². The third-order valence-corrected chi connectivity index (χ3v) is 5.02. The normalized spacial score (nSPS) is 14.7. The van der Waals surface area contributed by atoms with Gasteiger partial charge < -0.3 is 15.0 Å². The molecule has 0 unspecified atom stereocenters. The van der Waals surface area contributed by atoms with Crippen molar-refractivity contribution < 1.29 is 19.1 Å². The van der Waals surface area contributed by atoms with Crippen molar-refractivity contribution in [2.45, 2.75) is 25.9 Å². The summed E-state index contributed by atoms with van der Waals surface area (Å²) in [4.78, 5) is 39.0. The zero-order chi connectivity index (χ0) is 18.5. The molecule has 1 N–H and O–H groups in total. The van der Waals surface area contributed by atoms with E-state index in [-0.39, 0.29) is 17.4 Å². The number of carbonyl (C=O) groups excluding carboxylic acids is 3. The topological polar surface area (TPSA) is 75.7 Å². The maximum Gasteiger partial charge on any atom is 0.338 e. The Morgan fingerprint density at radius 1 is 1.15 bits per heavy atom. The fourth-order valence-electron chi connectivity index (χ4n) is 2.80. The van der Waals surface area contributed by atoms with Crippen molar-refractivity contribution >= 4 is 34.8 Å². The lowest BCUT2D eigenvalue weighted by atomic mass is 10.2. The van der Waals surface area contributed by atoms with Gasteiger partial charge in [-0.15, -0.1) is 11.3 Å². The number of esters is 1. The minimum atomic E-state index is -0.829. The third-order valence-electron chi connectivity index (χ3n) is 4.15. The molecule has 26 heavy (non-hydrogen) atoms. The van der Waals surface area contributed by atoms with Crippen LogP contribution in [-0.4, -0.2) is 41.9 Å². The maximum absolute atomic E-state index is 12.3. The first-order valence-corrected chi connectivity index (χ1v) is 9.37. The van der Waals surface area contributed by atoms with Crippen LogP contribution in [-0.2, 0) is 9.53 Å². The van der Waals surface area contributed by atoms with Crippen LogP contribution in [0, 0.1) is 0 Å². The van der Waals surface area contributed by atoms with E-state index in [2.05, 4.69) is 5.32 Å². The fraction of sp³-hybridized carbons (Fsp3) is 0.316. The Morgan fingerprint density at radius 3 is 2.62 bits per heavy atom. The minimum Gasteiger partial charge on any atom is -0.449 e. The van der Waals surface area contributed by atoms with Crippen molar-refractivity contribution in [2.24, 2.45) is 0 Å². The monoisotopic (exact) mass is 372 g/mol. The van der Waals surface area contributed by atoms with E-state index < -0.39 is 12.1 Å². The molecule has 2 heterocycles. The highest BCUT2D eigenvalue weighted by molar-refractivity contribution is 7.12. The quantitative estimate of drug-likeness (QED) is 0.818. The smallest absolute Gasteiger partial charge is 0.338 e. The van der Waals surface area contributed by atoms with Crippen LogP contribution in [0.5, 0.6) is 0 Å². The van der Waals surface area contributed by atoms with E-state index in [4.69, 9.17) is 4.74 Å². The van der Waals surface area contributed by atoms with Gasteiger partial charge in [0.2, 0.25) is 0 Å². The second-order valence-electron chi connectivity index (χ2n) is 6.09. The number of hydrogen-bond acceptors (Lipinski definition) is 5. The number of hydrogen-bond donors (Lipinski definition) is 1. The van der Waals surface area contributed by atoms with Crippen LogP contribution >= 0.6 is 11.3 Å². The van der Waals surface area contributed by atoms with E-state index >= 15 is 0 Å². The predicted octanol–water partition coefficient (Wildman–Crippen LogP) is 3.17.